The first kappa shape index (κ1) is 15.3. The molecule has 0 bridgehead atoms. The Morgan fingerprint density at radius 1 is 1.27 bits per heavy atom. The Balaban J connectivity index is 1.67. The highest BCUT2D eigenvalue weighted by Crippen LogP contribution is 2.28. The lowest BCUT2D eigenvalue weighted by Crippen LogP contribution is -2.46. The summed E-state index contributed by atoms with van der Waals surface area (Å²) >= 11 is 1.32. The summed E-state index contributed by atoms with van der Waals surface area (Å²) in [6.07, 6.45) is 0.140. The van der Waals surface area contributed by atoms with E-state index in [0.29, 0.717) is 5.13 Å². The lowest BCUT2D eigenvalue weighted by molar-refractivity contribution is -0.135. The minimum Gasteiger partial charge on any atom is -0.340 e. The second-order valence-corrected chi connectivity index (χ2v) is 8.95. The largest absolute Gasteiger partial charge is 0.340 e. The fraction of sp³-hybridized carbons (Fsp3) is 0.667. The number of sulfone groups is 1. The Hall–Kier alpha value is -1.55. The third kappa shape index (κ3) is 2.98. The maximum Gasteiger partial charge on any atom is 0.229 e. The average molecular weight is 344 g/mol. The van der Waals surface area contributed by atoms with Crippen LogP contribution in [0.15, 0.2) is 0 Å². The van der Waals surface area contributed by atoms with Crippen LogP contribution in [0, 0.1) is 12.8 Å². The Morgan fingerprint density at radius 2 is 1.95 bits per heavy atom. The summed E-state index contributed by atoms with van der Waals surface area (Å²) in [5.41, 5.74) is 0. The lowest BCUT2D eigenvalue weighted by Gasteiger charge is -2.28. The molecule has 3 heterocycles. The quantitative estimate of drug-likeness (QED) is 0.714. The fourth-order valence-corrected chi connectivity index (χ4v) is 4.56. The number of aryl methyl sites for hydroxylation is 1. The van der Waals surface area contributed by atoms with Crippen LogP contribution in [-0.2, 0) is 19.4 Å². The van der Waals surface area contributed by atoms with Crippen LogP contribution in [0.1, 0.15) is 11.4 Å². The molecule has 2 aliphatic heterocycles. The van der Waals surface area contributed by atoms with Crippen molar-refractivity contribution in [3.8, 4) is 0 Å². The van der Waals surface area contributed by atoms with Gasteiger partial charge in [-0.1, -0.05) is 11.3 Å². The van der Waals surface area contributed by atoms with E-state index >= 15 is 0 Å². The number of anilines is 1. The molecule has 22 heavy (non-hydrogen) atoms. The summed E-state index contributed by atoms with van der Waals surface area (Å²) in [6, 6.07) is 0. The van der Waals surface area contributed by atoms with Gasteiger partial charge in [-0.2, -0.15) is 0 Å². The lowest BCUT2D eigenvalue weighted by atomic mass is 10.1. The average Bonchev–Trinajstić information content (AvgIpc) is 3.04. The van der Waals surface area contributed by atoms with Gasteiger partial charge >= 0.3 is 0 Å². The first-order chi connectivity index (χ1) is 10.4. The molecule has 2 amide bonds. The van der Waals surface area contributed by atoms with Crippen molar-refractivity contribution in [2.45, 2.75) is 13.3 Å². The van der Waals surface area contributed by atoms with Gasteiger partial charge in [-0.15, -0.1) is 10.2 Å². The minimum absolute atomic E-state index is 0.00127. The van der Waals surface area contributed by atoms with E-state index in [1.54, 1.807) is 11.8 Å². The van der Waals surface area contributed by atoms with Crippen LogP contribution in [0.4, 0.5) is 5.13 Å². The zero-order valence-corrected chi connectivity index (χ0v) is 13.7. The van der Waals surface area contributed by atoms with Crippen LogP contribution in [0.2, 0.25) is 0 Å². The summed E-state index contributed by atoms with van der Waals surface area (Å²) < 4.78 is 22.8. The van der Waals surface area contributed by atoms with E-state index < -0.39 is 15.8 Å². The van der Waals surface area contributed by atoms with Gasteiger partial charge in [0.15, 0.2) is 9.84 Å². The molecule has 1 aromatic rings. The number of hydrogen-bond donors (Lipinski definition) is 0. The summed E-state index contributed by atoms with van der Waals surface area (Å²) in [5, 5.41) is 9.10. The molecule has 1 unspecified atom stereocenters. The molecule has 2 saturated heterocycles. The molecule has 0 radical (unpaired) electrons. The number of nitrogens with zero attached hydrogens (tertiary/aromatic N) is 4. The van der Waals surface area contributed by atoms with Crippen molar-refractivity contribution in [1.82, 2.24) is 15.1 Å². The van der Waals surface area contributed by atoms with Crippen molar-refractivity contribution in [3.05, 3.63) is 5.01 Å². The molecular formula is C12H16N4O4S2. The van der Waals surface area contributed by atoms with Gasteiger partial charge in [0.05, 0.1) is 17.4 Å². The predicted molar refractivity (Wildman–Crippen MR) is 80.3 cm³/mol. The predicted octanol–water partition coefficient (Wildman–Crippen LogP) is -0.544. The number of rotatable bonds is 2. The van der Waals surface area contributed by atoms with Gasteiger partial charge in [0.2, 0.25) is 16.9 Å². The van der Waals surface area contributed by atoms with Crippen LogP contribution in [0.25, 0.3) is 0 Å². The number of amides is 2. The molecule has 0 aliphatic carbocycles. The summed E-state index contributed by atoms with van der Waals surface area (Å²) in [6.45, 7) is 2.52. The molecule has 120 valence electrons. The van der Waals surface area contributed by atoms with Crippen LogP contribution in [-0.4, -0.2) is 66.5 Å². The monoisotopic (exact) mass is 344 g/mol. The number of carbonyl (C=O) groups is 2. The van der Waals surface area contributed by atoms with Gasteiger partial charge in [-0.3, -0.25) is 14.5 Å². The van der Waals surface area contributed by atoms with Gasteiger partial charge < -0.3 is 4.90 Å². The Bertz CT molecular complexity index is 700. The number of carbonyl (C=O) groups excluding carboxylic acids is 2. The molecule has 0 spiro atoms. The molecule has 0 saturated carbocycles. The second kappa shape index (κ2) is 5.58. The highest BCUT2D eigenvalue weighted by atomic mass is 32.2. The van der Waals surface area contributed by atoms with Crippen LogP contribution >= 0.6 is 11.3 Å². The van der Waals surface area contributed by atoms with Gasteiger partial charge in [-0.05, 0) is 6.92 Å². The fourth-order valence-electron chi connectivity index (χ4n) is 2.64. The Morgan fingerprint density at radius 3 is 2.55 bits per heavy atom. The smallest absolute Gasteiger partial charge is 0.229 e. The summed E-state index contributed by atoms with van der Waals surface area (Å²) in [7, 11) is -3.02. The summed E-state index contributed by atoms with van der Waals surface area (Å²) in [4.78, 5) is 27.6. The molecular weight excluding hydrogens is 328 g/mol. The van der Waals surface area contributed by atoms with Crippen molar-refractivity contribution < 1.29 is 18.0 Å². The molecule has 1 atom stereocenters. The maximum absolute atomic E-state index is 12.5. The topological polar surface area (TPSA) is 101 Å². The molecule has 0 aromatic carbocycles. The standard InChI is InChI=1S/C12H16N4O4S2/c1-8-13-14-12(21-8)16-7-9(6-10(16)17)11(18)15-2-4-22(19,20)5-3-15/h9H,2-7H2,1H3. The second-order valence-electron chi connectivity index (χ2n) is 5.49. The Labute approximate surface area is 132 Å². The minimum atomic E-state index is -3.02. The van der Waals surface area contributed by atoms with Crippen molar-refractivity contribution in [1.29, 1.82) is 0 Å². The molecule has 8 nitrogen and oxygen atoms in total. The highest BCUT2D eigenvalue weighted by Gasteiger charge is 2.39. The molecule has 3 rings (SSSR count). The van der Waals surface area contributed by atoms with E-state index in [2.05, 4.69) is 10.2 Å². The zero-order chi connectivity index (χ0) is 15.9. The molecule has 2 fully saturated rings. The zero-order valence-electron chi connectivity index (χ0n) is 12.1. The number of hydrogen-bond acceptors (Lipinski definition) is 7. The first-order valence-corrected chi connectivity index (χ1v) is 9.59. The van der Waals surface area contributed by atoms with Crippen LogP contribution in [0.5, 0.6) is 0 Å². The van der Waals surface area contributed by atoms with Gasteiger partial charge in [0.1, 0.15) is 5.01 Å². The van der Waals surface area contributed by atoms with E-state index in [0.717, 1.165) is 5.01 Å². The van der Waals surface area contributed by atoms with E-state index in [1.165, 1.54) is 16.2 Å². The SMILES string of the molecule is Cc1nnc(N2CC(C(=O)N3CCS(=O)(=O)CC3)CC2=O)s1. The van der Waals surface area contributed by atoms with Crippen molar-refractivity contribution >= 4 is 38.1 Å². The van der Waals surface area contributed by atoms with Gasteiger partial charge in [0, 0.05) is 26.1 Å². The van der Waals surface area contributed by atoms with Crippen molar-refractivity contribution in [3.63, 3.8) is 0 Å². The van der Waals surface area contributed by atoms with E-state index in [4.69, 9.17) is 0 Å². The summed E-state index contributed by atoms with van der Waals surface area (Å²) in [5.74, 6) is -0.721. The van der Waals surface area contributed by atoms with Gasteiger partial charge in [-0.25, -0.2) is 8.42 Å². The van der Waals surface area contributed by atoms with Crippen LogP contribution in [0.3, 0.4) is 0 Å². The first-order valence-electron chi connectivity index (χ1n) is 6.95. The van der Waals surface area contributed by atoms with E-state index in [9.17, 15) is 18.0 Å². The Kier molecular flexibility index (Phi) is 3.89. The third-order valence-corrected chi connectivity index (χ3v) is 6.35. The van der Waals surface area contributed by atoms with Crippen molar-refractivity contribution in [2.24, 2.45) is 5.92 Å². The molecule has 0 N–H and O–H groups in total. The molecule has 2 aliphatic rings. The molecule has 10 heteroatoms. The normalized spacial score (nSPS) is 24.8. The number of aromatic nitrogens is 2. The highest BCUT2D eigenvalue weighted by molar-refractivity contribution is 7.91. The van der Waals surface area contributed by atoms with Gasteiger partial charge in [0.25, 0.3) is 0 Å². The van der Waals surface area contributed by atoms with E-state index in [1.807, 2.05) is 0 Å². The molecule has 1 aromatic heterocycles. The third-order valence-electron chi connectivity index (χ3n) is 3.88. The van der Waals surface area contributed by atoms with Crippen molar-refractivity contribution in [2.75, 3.05) is 36.0 Å². The van der Waals surface area contributed by atoms with Crippen LogP contribution < -0.4 is 4.90 Å². The van der Waals surface area contributed by atoms with E-state index in [-0.39, 0.29) is 49.4 Å². The maximum atomic E-state index is 12.5.